The Morgan fingerprint density at radius 2 is 1.71 bits per heavy atom. The first-order chi connectivity index (χ1) is 16.1. The van der Waals surface area contributed by atoms with Crippen molar-refractivity contribution >= 4 is 39.0 Å². The van der Waals surface area contributed by atoms with E-state index in [2.05, 4.69) is 15.2 Å². The first kappa shape index (κ1) is 23.9. The predicted octanol–water partition coefficient (Wildman–Crippen LogP) is 3.46. The molecule has 0 amide bonds. The molecule has 0 aliphatic rings. The summed E-state index contributed by atoms with van der Waals surface area (Å²) in [5.41, 5.74) is 1.58. The number of hydrogen-bond acceptors (Lipinski definition) is 10. The summed E-state index contributed by atoms with van der Waals surface area (Å²) in [7, 11) is -2.68. The number of phenolic OH excluding ortho intramolecular Hbond substituents is 1. The van der Waals surface area contributed by atoms with Gasteiger partial charge in [-0.3, -0.25) is 30.4 Å². The van der Waals surface area contributed by atoms with Crippen LogP contribution in [0.3, 0.4) is 0 Å². The van der Waals surface area contributed by atoms with E-state index in [-0.39, 0.29) is 33.3 Å². The van der Waals surface area contributed by atoms with Crippen molar-refractivity contribution < 1.29 is 28.1 Å². The second-order valence-electron chi connectivity index (χ2n) is 6.64. The first-order valence-corrected chi connectivity index (χ1v) is 10.8. The molecule has 0 spiro atoms. The highest BCUT2D eigenvalue weighted by molar-refractivity contribution is 7.92. The standard InChI is InChI=1S/C20H17N5O8S/c1-33-16-5-2-14(3-6-16)23-34(31,32)17-7-8-18(19(11-17)25(29)30)22-21-12-13-10-15(24(27)28)4-9-20(13)26/h2-12,22-23,26H,1H3/b21-12+. The number of rotatable bonds is 9. The fraction of sp³-hybridized carbons (Fsp3) is 0.0500. The number of phenols is 1. The number of anilines is 2. The average Bonchev–Trinajstić information content (AvgIpc) is 2.80. The SMILES string of the molecule is COc1ccc(NS(=O)(=O)c2ccc(N/N=C/c3cc([N+](=O)[O-])ccc3O)c([N+](=O)[O-])c2)cc1. The number of nitrogens with one attached hydrogen (secondary N) is 2. The molecule has 3 N–H and O–H groups in total. The van der Waals surface area contributed by atoms with Crippen molar-refractivity contribution in [2.75, 3.05) is 17.3 Å². The monoisotopic (exact) mass is 487 g/mol. The molecule has 0 bridgehead atoms. The minimum atomic E-state index is -4.15. The van der Waals surface area contributed by atoms with Gasteiger partial charge in [-0.2, -0.15) is 5.10 Å². The van der Waals surface area contributed by atoms with Crippen LogP contribution >= 0.6 is 0 Å². The summed E-state index contributed by atoms with van der Waals surface area (Å²) in [4.78, 5) is 20.6. The van der Waals surface area contributed by atoms with Crippen molar-refractivity contribution in [3.63, 3.8) is 0 Å². The Kier molecular flexibility index (Phi) is 6.92. The van der Waals surface area contributed by atoms with Gasteiger partial charge in [-0.05, 0) is 42.5 Å². The maximum atomic E-state index is 12.7. The van der Waals surface area contributed by atoms with E-state index < -0.39 is 25.6 Å². The Morgan fingerprint density at radius 3 is 2.32 bits per heavy atom. The van der Waals surface area contributed by atoms with Gasteiger partial charge in [0.2, 0.25) is 0 Å². The highest BCUT2D eigenvalue weighted by atomic mass is 32.2. The zero-order chi connectivity index (χ0) is 24.9. The number of nitrogens with zero attached hydrogens (tertiary/aromatic N) is 3. The van der Waals surface area contributed by atoms with Crippen LogP contribution in [0, 0.1) is 20.2 Å². The molecular weight excluding hydrogens is 470 g/mol. The highest BCUT2D eigenvalue weighted by Crippen LogP contribution is 2.29. The molecule has 0 radical (unpaired) electrons. The summed E-state index contributed by atoms with van der Waals surface area (Å²) in [5.74, 6) is 0.227. The molecule has 0 saturated carbocycles. The molecule has 0 heterocycles. The van der Waals surface area contributed by atoms with Gasteiger partial charge in [-0.1, -0.05) is 0 Å². The van der Waals surface area contributed by atoms with Gasteiger partial charge >= 0.3 is 0 Å². The second kappa shape index (κ2) is 9.83. The lowest BCUT2D eigenvalue weighted by molar-refractivity contribution is -0.384. The molecule has 0 aliphatic heterocycles. The van der Waals surface area contributed by atoms with Gasteiger partial charge < -0.3 is 9.84 Å². The number of non-ortho nitro benzene ring substituents is 1. The summed E-state index contributed by atoms with van der Waals surface area (Å²) in [5, 5.41) is 35.9. The Balaban J connectivity index is 1.84. The number of ether oxygens (including phenoxy) is 1. The number of hydrazone groups is 1. The van der Waals surface area contributed by atoms with E-state index in [1.54, 1.807) is 12.1 Å². The molecular formula is C20H17N5O8S. The average molecular weight is 487 g/mol. The van der Waals surface area contributed by atoms with Crippen molar-refractivity contribution in [2.45, 2.75) is 4.90 Å². The molecule has 0 aliphatic carbocycles. The molecule has 34 heavy (non-hydrogen) atoms. The van der Waals surface area contributed by atoms with E-state index >= 15 is 0 Å². The summed E-state index contributed by atoms with van der Waals surface area (Å²) in [6.45, 7) is 0. The summed E-state index contributed by atoms with van der Waals surface area (Å²) >= 11 is 0. The van der Waals surface area contributed by atoms with Crippen LogP contribution in [0.4, 0.5) is 22.7 Å². The molecule has 14 heteroatoms. The number of methoxy groups -OCH3 is 1. The normalized spacial score (nSPS) is 11.2. The van der Waals surface area contributed by atoms with E-state index in [9.17, 15) is 33.8 Å². The largest absolute Gasteiger partial charge is 0.507 e. The van der Waals surface area contributed by atoms with Crippen LogP contribution < -0.4 is 14.9 Å². The van der Waals surface area contributed by atoms with Gasteiger partial charge in [-0.15, -0.1) is 0 Å². The van der Waals surface area contributed by atoms with E-state index in [0.29, 0.717) is 5.75 Å². The van der Waals surface area contributed by atoms with Gasteiger partial charge in [0.05, 0.1) is 28.1 Å². The molecule has 3 aromatic carbocycles. The van der Waals surface area contributed by atoms with Crippen LogP contribution in [0.25, 0.3) is 0 Å². The number of benzene rings is 3. The quantitative estimate of drug-likeness (QED) is 0.231. The maximum Gasteiger partial charge on any atom is 0.295 e. The number of nitro groups is 2. The predicted molar refractivity (Wildman–Crippen MR) is 123 cm³/mol. The smallest absolute Gasteiger partial charge is 0.295 e. The number of sulfonamides is 1. The molecule has 0 unspecified atom stereocenters. The van der Waals surface area contributed by atoms with Crippen molar-refractivity contribution in [2.24, 2.45) is 5.10 Å². The lowest BCUT2D eigenvalue weighted by Crippen LogP contribution is -2.13. The number of aromatic hydroxyl groups is 1. The van der Waals surface area contributed by atoms with Gasteiger partial charge in [-0.25, -0.2) is 8.42 Å². The third-order valence-corrected chi connectivity index (χ3v) is 5.81. The topological polar surface area (TPSA) is 186 Å². The fourth-order valence-corrected chi connectivity index (χ4v) is 3.81. The van der Waals surface area contributed by atoms with Crippen molar-refractivity contribution in [3.8, 4) is 11.5 Å². The Hall–Kier alpha value is -4.72. The lowest BCUT2D eigenvalue weighted by atomic mass is 10.2. The Bertz CT molecular complexity index is 1370. The zero-order valence-corrected chi connectivity index (χ0v) is 18.2. The fourth-order valence-electron chi connectivity index (χ4n) is 2.73. The van der Waals surface area contributed by atoms with Crippen LogP contribution in [-0.2, 0) is 10.0 Å². The second-order valence-corrected chi connectivity index (χ2v) is 8.32. The first-order valence-electron chi connectivity index (χ1n) is 9.32. The van der Waals surface area contributed by atoms with Crippen molar-refractivity contribution in [3.05, 3.63) is 86.5 Å². The minimum Gasteiger partial charge on any atom is -0.507 e. The third-order valence-electron chi connectivity index (χ3n) is 4.43. The molecule has 13 nitrogen and oxygen atoms in total. The Morgan fingerprint density at radius 1 is 1.00 bits per heavy atom. The summed E-state index contributed by atoms with van der Waals surface area (Å²) in [6.07, 6.45) is 1.03. The zero-order valence-electron chi connectivity index (χ0n) is 17.4. The van der Waals surface area contributed by atoms with Crippen molar-refractivity contribution in [1.29, 1.82) is 0 Å². The van der Waals surface area contributed by atoms with Crippen LogP contribution in [0.2, 0.25) is 0 Å². The number of nitro benzene ring substituents is 2. The molecule has 0 atom stereocenters. The van der Waals surface area contributed by atoms with Gasteiger partial charge in [0.25, 0.3) is 21.4 Å². The van der Waals surface area contributed by atoms with Gasteiger partial charge in [0, 0.05) is 29.4 Å². The lowest BCUT2D eigenvalue weighted by Gasteiger charge is -2.10. The molecule has 3 rings (SSSR count). The van der Waals surface area contributed by atoms with Crippen LogP contribution in [0.15, 0.2) is 70.7 Å². The van der Waals surface area contributed by atoms with Crippen LogP contribution in [0.1, 0.15) is 5.56 Å². The van der Waals surface area contributed by atoms with E-state index in [0.717, 1.165) is 42.6 Å². The van der Waals surface area contributed by atoms with E-state index in [1.807, 2.05) is 0 Å². The highest BCUT2D eigenvalue weighted by Gasteiger charge is 2.21. The third kappa shape index (κ3) is 5.55. The van der Waals surface area contributed by atoms with E-state index in [1.165, 1.54) is 19.2 Å². The molecule has 0 aromatic heterocycles. The van der Waals surface area contributed by atoms with Crippen molar-refractivity contribution in [1.82, 2.24) is 0 Å². The molecule has 176 valence electrons. The van der Waals surface area contributed by atoms with Gasteiger partial charge in [0.1, 0.15) is 17.2 Å². The number of hydrogen-bond donors (Lipinski definition) is 3. The van der Waals surface area contributed by atoms with Gasteiger partial charge in [0.15, 0.2) is 0 Å². The molecule has 0 fully saturated rings. The summed E-state index contributed by atoms with van der Waals surface area (Å²) < 4.78 is 32.7. The van der Waals surface area contributed by atoms with Crippen LogP contribution in [0.5, 0.6) is 11.5 Å². The minimum absolute atomic E-state index is 0.00718. The maximum absolute atomic E-state index is 12.7. The van der Waals surface area contributed by atoms with E-state index in [4.69, 9.17) is 4.74 Å². The Labute approximate surface area is 192 Å². The molecule has 3 aromatic rings. The summed E-state index contributed by atoms with van der Waals surface area (Å²) in [6, 6.07) is 12.4. The molecule has 0 saturated heterocycles. The van der Waals surface area contributed by atoms with Crippen LogP contribution in [-0.4, -0.2) is 36.7 Å².